The molecular weight excluding hydrogens is 346 g/mol. The van der Waals surface area contributed by atoms with Gasteiger partial charge in [-0.15, -0.1) is 0 Å². The highest BCUT2D eigenvalue weighted by Crippen LogP contribution is 2.23. The van der Waals surface area contributed by atoms with E-state index < -0.39 is 0 Å². The van der Waals surface area contributed by atoms with Crippen LogP contribution >= 0.6 is 31.9 Å². The summed E-state index contributed by atoms with van der Waals surface area (Å²) in [5.74, 6) is 0.851. The van der Waals surface area contributed by atoms with Gasteiger partial charge in [-0.1, -0.05) is 6.07 Å². The molecule has 0 radical (unpaired) electrons. The van der Waals surface area contributed by atoms with E-state index in [2.05, 4.69) is 47.1 Å². The highest BCUT2D eigenvalue weighted by molar-refractivity contribution is 9.11. The molecule has 0 aromatic carbocycles. The highest BCUT2D eigenvalue weighted by Gasteiger charge is 2.01. The van der Waals surface area contributed by atoms with Gasteiger partial charge in [0.2, 0.25) is 0 Å². The molecule has 0 aliphatic carbocycles. The van der Waals surface area contributed by atoms with E-state index in [0.29, 0.717) is 0 Å². The molecule has 0 unspecified atom stereocenters. The van der Waals surface area contributed by atoms with E-state index in [4.69, 9.17) is 0 Å². The molecule has 0 atom stereocenters. The summed E-state index contributed by atoms with van der Waals surface area (Å²) in [5, 5.41) is 3.27. The summed E-state index contributed by atoms with van der Waals surface area (Å²) >= 11 is 6.83. The Bertz CT molecular complexity index is 488. The normalized spacial score (nSPS) is 10.2. The minimum absolute atomic E-state index is 0.810. The number of anilines is 1. The van der Waals surface area contributed by atoms with Crippen molar-refractivity contribution in [3.63, 3.8) is 0 Å². The van der Waals surface area contributed by atoms with Gasteiger partial charge in [0.25, 0.3) is 0 Å². The number of nitrogens with zero attached hydrogens (tertiary/aromatic N) is 2. The lowest BCUT2D eigenvalue weighted by Gasteiger charge is -2.07. The molecule has 88 valence electrons. The minimum atomic E-state index is 0.810. The van der Waals surface area contributed by atoms with E-state index in [1.54, 1.807) is 6.20 Å². The number of halogens is 2. The summed E-state index contributed by atoms with van der Waals surface area (Å²) in [6.07, 6.45) is 4.46. The molecule has 0 aliphatic rings. The maximum absolute atomic E-state index is 4.28. The molecule has 2 rings (SSSR count). The largest absolute Gasteiger partial charge is 0.369 e. The fourth-order valence-electron chi connectivity index (χ4n) is 1.40. The van der Waals surface area contributed by atoms with E-state index >= 15 is 0 Å². The molecule has 0 bridgehead atoms. The quantitative estimate of drug-likeness (QED) is 0.908. The first-order chi connectivity index (χ1) is 8.25. The van der Waals surface area contributed by atoms with Crippen LogP contribution in [0.15, 0.2) is 45.6 Å². The molecule has 17 heavy (non-hydrogen) atoms. The fourth-order valence-corrected chi connectivity index (χ4v) is 2.53. The van der Waals surface area contributed by atoms with Crippen molar-refractivity contribution in [2.45, 2.75) is 6.42 Å². The van der Waals surface area contributed by atoms with E-state index in [1.165, 1.54) is 0 Å². The van der Waals surface area contributed by atoms with Crippen LogP contribution < -0.4 is 5.32 Å². The van der Waals surface area contributed by atoms with Crippen LogP contribution in [-0.2, 0) is 6.42 Å². The number of aromatic nitrogens is 2. The van der Waals surface area contributed by atoms with Crippen molar-refractivity contribution in [1.82, 2.24) is 9.97 Å². The Balaban J connectivity index is 1.90. The van der Waals surface area contributed by atoms with Crippen LogP contribution in [0.25, 0.3) is 0 Å². The first-order valence-corrected chi connectivity index (χ1v) is 6.79. The van der Waals surface area contributed by atoms with Crippen molar-refractivity contribution in [2.75, 3.05) is 11.9 Å². The fraction of sp³-hybridized carbons (Fsp3) is 0.167. The summed E-state index contributed by atoms with van der Waals surface area (Å²) in [6, 6.07) is 7.90. The molecule has 0 spiro atoms. The zero-order valence-corrected chi connectivity index (χ0v) is 12.2. The molecule has 0 saturated carbocycles. The van der Waals surface area contributed by atoms with Crippen LogP contribution in [0, 0.1) is 0 Å². The second-order valence-corrected chi connectivity index (χ2v) is 5.25. The third kappa shape index (κ3) is 3.78. The molecule has 5 heteroatoms. The van der Waals surface area contributed by atoms with Crippen LogP contribution in [0.4, 0.5) is 5.82 Å². The molecule has 2 aromatic rings. The van der Waals surface area contributed by atoms with Gasteiger partial charge in [0, 0.05) is 35.5 Å². The number of nitrogens with one attached hydrogen (secondary N) is 1. The average Bonchev–Trinajstić information content (AvgIpc) is 2.33. The maximum atomic E-state index is 4.28. The SMILES string of the molecule is Brc1cnc(NCCc2ccccn2)c(Br)c1. The molecule has 0 amide bonds. The van der Waals surface area contributed by atoms with Gasteiger partial charge in [-0.2, -0.15) is 0 Å². The Kier molecular flexibility index (Phi) is 4.50. The van der Waals surface area contributed by atoms with Crippen molar-refractivity contribution in [3.05, 3.63) is 51.3 Å². The van der Waals surface area contributed by atoms with Gasteiger partial charge in [-0.3, -0.25) is 4.98 Å². The van der Waals surface area contributed by atoms with Gasteiger partial charge < -0.3 is 5.32 Å². The van der Waals surface area contributed by atoms with Crippen molar-refractivity contribution >= 4 is 37.7 Å². The smallest absolute Gasteiger partial charge is 0.140 e. The molecule has 2 heterocycles. The lowest BCUT2D eigenvalue weighted by Crippen LogP contribution is -2.07. The van der Waals surface area contributed by atoms with Gasteiger partial charge >= 0.3 is 0 Å². The molecular formula is C12H11Br2N3. The summed E-state index contributed by atoms with van der Waals surface area (Å²) in [6.45, 7) is 0.810. The lowest BCUT2D eigenvalue weighted by atomic mass is 10.3. The van der Waals surface area contributed by atoms with Crippen LogP contribution in [0.1, 0.15) is 5.69 Å². The third-order valence-corrected chi connectivity index (χ3v) is 3.25. The van der Waals surface area contributed by atoms with Crippen molar-refractivity contribution in [3.8, 4) is 0 Å². The number of pyridine rings is 2. The Morgan fingerprint density at radius 1 is 1.18 bits per heavy atom. The summed E-state index contributed by atoms with van der Waals surface area (Å²) in [4.78, 5) is 8.55. The van der Waals surface area contributed by atoms with E-state index in [-0.39, 0.29) is 0 Å². The van der Waals surface area contributed by atoms with Crippen molar-refractivity contribution in [1.29, 1.82) is 0 Å². The molecule has 0 saturated heterocycles. The van der Waals surface area contributed by atoms with E-state index in [9.17, 15) is 0 Å². The van der Waals surface area contributed by atoms with Crippen LogP contribution in [0.2, 0.25) is 0 Å². The summed E-state index contributed by atoms with van der Waals surface area (Å²) in [5.41, 5.74) is 1.08. The molecule has 0 fully saturated rings. The maximum Gasteiger partial charge on any atom is 0.140 e. The van der Waals surface area contributed by atoms with Gasteiger partial charge in [0.15, 0.2) is 0 Å². The van der Waals surface area contributed by atoms with Crippen LogP contribution in [-0.4, -0.2) is 16.5 Å². The van der Waals surface area contributed by atoms with E-state index in [1.807, 2.05) is 30.5 Å². The van der Waals surface area contributed by atoms with Gasteiger partial charge in [0.1, 0.15) is 5.82 Å². The average molecular weight is 357 g/mol. The minimum Gasteiger partial charge on any atom is -0.369 e. The van der Waals surface area contributed by atoms with Gasteiger partial charge in [-0.05, 0) is 50.1 Å². The van der Waals surface area contributed by atoms with Crippen molar-refractivity contribution in [2.24, 2.45) is 0 Å². The first kappa shape index (κ1) is 12.5. The van der Waals surface area contributed by atoms with Gasteiger partial charge in [0.05, 0.1) is 4.47 Å². The van der Waals surface area contributed by atoms with Crippen LogP contribution in [0.3, 0.4) is 0 Å². The molecule has 2 aromatic heterocycles. The standard InChI is InChI=1S/C12H11Br2N3/c13-9-7-11(14)12(17-8-9)16-6-4-10-3-1-2-5-15-10/h1-3,5,7-8H,4,6H2,(H,16,17). The van der Waals surface area contributed by atoms with E-state index in [0.717, 1.165) is 33.4 Å². The third-order valence-electron chi connectivity index (χ3n) is 2.21. The highest BCUT2D eigenvalue weighted by atomic mass is 79.9. The molecule has 3 nitrogen and oxygen atoms in total. The Morgan fingerprint density at radius 2 is 2.06 bits per heavy atom. The second kappa shape index (κ2) is 6.12. The monoisotopic (exact) mass is 355 g/mol. The predicted octanol–water partition coefficient (Wildman–Crippen LogP) is 3.66. The van der Waals surface area contributed by atoms with Crippen molar-refractivity contribution < 1.29 is 0 Å². The zero-order chi connectivity index (χ0) is 12.1. The Morgan fingerprint density at radius 3 is 2.76 bits per heavy atom. The number of hydrogen-bond acceptors (Lipinski definition) is 3. The summed E-state index contributed by atoms with van der Waals surface area (Å²) in [7, 11) is 0. The lowest BCUT2D eigenvalue weighted by molar-refractivity contribution is 0.952. The molecule has 1 N–H and O–H groups in total. The first-order valence-electron chi connectivity index (χ1n) is 5.20. The topological polar surface area (TPSA) is 37.8 Å². The number of rotatable bonds is 4. The number of hydrogen-bond donors (Lipinski definition) is 1. The Labute approximate surface area is 117 Å². The van der Waals surface area contributed by atoms with Crippen LogP contribution in [0.5, 0.6) is 0 Å². The Hall–Kier alpha value is -0.940. The zero-order valence-electron chi connectivity index (χ0n) is 9.03. The second-order valence-electron chi connectivity index (χ2n) is 3.48. The predicted molar refractivity (Wildman–Crippen MR) is 76.1 cm³/mol. The molecule has 0 aliphatic heterocycles. The van der Waals surface area contributed by atoms with Gasteiger partial charge in [-0.25, -0.2) is 4.98 Å². The summed E-state index contributed by atoms with van der Waals surface area (Å²) < 4.78 is 1.91.